The highest BCUT2D eigenvalue weighted by Crippen LogP contribution is 2.42. The second kappa shape index (κ2) is 9.63. The van der Waals surface area contributed by atoms with E-state index in [9.17, 15) is 10.4 Å². The van der Waals surface area contributed by atoms with Gasteiger partial charge in [-0.3, -0.25) is 0 Å². The third-order valence-corrected chi connectivity index (χ3v) is 5.40. The highest BCUT2D eigenvalue weighted by Gasteiger charge is 2.24. The maximum Gasteiger partial charge on any atom is 0.238 e. The Morgan fingerprint density at radius 1 is 1.09 bits per heavy atom. The number of aliphatic hydroxyl groups is 1. The Morgan fingerprint density at radius 3 is 2.60 bits per heavy atom. The molecule has 2 aromatic carbocycles. The van der Waals surface area contributed by atoms with Gasteiger partial charge in [0.25, 0.3) is 0 Å². The molecule has 8 nitrogen and oxygen atoms in total. The molecule has 0 saturated heterocycles. The molecule has 1 aliphatic rings. The van der Waals surface area contributed by atoms with E-state index in [2.05, 4.69) is 11.1 Å². The molecule has 0 saturated carbocycles. The second-order valence-corrected chi connectivity index (χ2v) is 7.45. The van der Waals surface area contributed by atoms with Gasteiger partial charge in [0, 0.05) is 17.2 Å². The van der Waals surface area contributed by atoms with Crippen LogP contribution < -0.4 is 18.9 Å². The van der Waals surface area contributed by atoms with Gasteiger partial charge in [-0.05, 0) is 42.0 Å². The fraction of sp³-hybridized carbons (Fsp3) is 0.111. The third kappa shape index (κ3) is 4.28. The maximum atomic E-state index is 10.2. The fourth-order valence-corrected chi connectivity index (χ4v) is 3.80. The first-order valence-electron chi connectivity index (χ1n) is 10.7. The van der Waals surface area contributed by atoms with Crippen LogP contribution in [0.4, 0.5) is 0 Å². The monoisotopic (exact) mass is 468 g/mol. The van der Waals surface area contributed by atoms with Crippen LogP contribution in [0, 0.1) is 11.3 Å². The second-order valence-electron chi connectivity index (χ2n) is 7.45. The van der Waals surface area contributed by atoms with Gasteiger partial charge in [-0.25, -0.2) is 4.98 Å². The number of benzene rings is 2. The molecule has 0 aliphatic carbocycles. The lowest BCUT2D eigenvalue weighted by molar-refractivity contribution is 0.174. The van der Waals surface area contributed by atoms with Crippen molar-refractivity contribution >= 4 is 6.08 Å². The first kappa shape index (κ1) is 22.1. The summed E-state index contributed by atoms with van der Waals surface area (Å²) < 4.78 is 27.9. The zero-order chi connectivity index (χ0) is 24.2. The number of nitriles is 1. The van der Waals surface area contributed by atoms with Gasteiger partial charge >= 0.3 is 0 Å². The fourth-order valence-electron chi connectivity index (χ4n) is 3.80. The summed E-state index contributed by atoms with van der Waals surface area (Å²) >= 11 is 0. The van der Waals surface area contributed by atoms with Gasteiger partial charge in [0.1, 0.15) is 28.8 Å². The molecule has 0 unspecified atom stereocenters. The van der Waals surface area contributed by atoms with E-state index in [0.29, 0.717) is 45.6 Å². The van der Waals surface area contributed by atoms with E-state index < -0.39 is 0 Å². The Labute approximate surface area is 201 Å². The zero-order valence-electron chi connectivity index (χ0n) is 18.7. The molecule has 0 fully saturated rings. The van der Waals surface area contributed by atoms with E-state index in [-0.39, 0.29) is 24.8 Å². The summed E-state index contributed by atoms with van der Waals surface area (Å²) in [5, 5.41) is 19.7. The molecule has 35 heavy (non-hydrogen) atoms. The predicted octanol–water partition coefficient (Wildman–Crippen LogP) is 5.42. The molecule has 3 heterocycles. The smallest absolute Gasteiger partial charge is 0.238 e. The van der Waals surface area contributed by atoms with Crippen molar-refractivity contribution in [3.8, 4) is 57.5 Å². The Hall–Kier alpha value is -4.74. The van der Waals surface area contributed by atoms with Crippen LogP contribution in [-0.4, -0.2) is 30.6 Å². The van der Waals surface area contributed by atoms with Crippen molar-refractivity contribution in [3.63, 3.8) is 0 Å². The highest BCUT2D eigenvalue weighted by atomic mass is 16.7. The summed E-state index contributed by atoms with van der Waals surface area (Å²) in [5.74, 6) is 2.86. The summed E-state index contributed by atoms with van der Waals surface area (Å²) in [6.45, 7) is -0.0480. The van der Waals surface area contributed by atoms with Crippen molar-refractivity contribution in [2.45, 2.75) is 0 Å². The van der Waals surface area contributed by atoms with Crippen molar-refractivity contribution in [1.29, 1.82) is 5.26 Å². The van der Waals surface area contributed by atoms with E-state index in [1.165, 1.54) is 0 Å². The molecule has 1 N–H and O–H groups in total. The van der Waals surface area contributed by atoms with E-state index in [4.69, 9.17) is 23.4 Å². The number of rotatable bonds is 7. The quantitative estimate of drug-likeness (QED) is 0.383. The van der Waals surface area contributed by atoms with Crippen molar-refractivity contribution < 1.29 is 28.5 Å². The van der Waals surface area contributed by atoms with Gasteiger partial charge < -0.3 is 28.5 Å². The van der Waals surface area contributed by atoms with Gasteiger partial charge in [0.05, 0.1) is 20.0 Å². The van der Waals surface area contributed by atoms with Crippen molar-refractivity contribution in [1.82, 2.24) is 4.98 Å². The lowest BCUT2D eigenvalue weighted by atomic mass is 9.93. The number of fused-ring (bicyclic) bond motifs is 1. The minimum absolute atomic E-state index is 0.102. The number of pyridine rings is 1. The number of aliphatic hydroxyl groups excluding tert-OH is 1. The molecule has 0 amide bonds. The Kier molecular flexibility index (Phi) is 6.07. The molecule has 0 atom stereocenters. The van der Waals surface area contributed by atoms with Crippen LogP contribution >= 0.6 is 0 Å². The van der Waals surface area contributed by atoms with Crippen LogP contribution in [0.25, 0.3) is 28.7 Å². The molecule has 0 radical (unpaired) electrons. The summed E-state index contributed by atoms with van der Waals surface area (Å²) in [4.78, 5) is 4.68. The largest absolute Gasteiger partial charge is 0.497 e. The summed E-state index contributed by atoms with van der Waals surface area (Å²) in [6, 6.07) is 18.2. The first-order chi connectivity index (χ1) is 17.2. The molecule has 2 aromatic heterocycles. The van der Waals surface area contributed by atoms with Gasteiger partial charge in [-0.1, -0.05) is 24.3 Å². The van der Waals surface area contributed by atoms with Crippen molar-refractivity contribution in [2.24, 2.45) is 0 Å². The Morgan fingerprint density at radius 2 is 1.89 bits per heavy atom. The minimum Gasteiger partial charge on any atom is -0.497 e. The van der Waals surface area contributed by atoms with Crippen LogP contribution in [0.15, 0.2) is 71.4 Å². The van der Waals surface area contributed by atoms with E-state index in [0.717, 1.165) is 5.56 Å². The highest BCUT2D eigenvalue weighted by molar-refractivity contribution is 5.88. The minimum atomic E-state index is -0.184. The van der Waals surface area contributed by atoms with Crippen molar-refractivity contribution in [2.75, 3.05) is 20.5 Å². The molecule has 1 aliphatic heterocycles. The van der Waals surface area contributed by atoms with Gasteiger partial charge in [0.15, 0.2) is 17.3 Å². The number of hydrogen-bond donors (Lipinski definition) is 1. The van der Waals surface area contributed by atoms with E-state index >= 15 is 0 Å². The molecule has 0 bridgehead atoms. The number of nitrogens with zero attached hydrogens (tertiary/aromatic N) is 2. The average Bonchev–Trinajstić information content (AvgIpc) is 3.59. The Bertz CT molecular complexity index is 1420. The number of hydrogen-bond acceptors (Lipinski definition) is 8. The standard InChI is InChI=1S/C27H20N2O6/c1-31-18-8-6-17(7-9-18)25-20(4-2-12-30)26(23-5-3-13-32-23)29-27(21(25)15-28)35-19-10-11-22-24(14-19)34-16-33-22/h2-11,13-14,30H,12,16H2,1H3. The van der Waals surface area contributed by atoms with Crippen LogP contribution in [-0.2, 0) is 0 Å². The van der Waals surface area contributed by atoms with Gasteiger partial charge in [-0.2, -0.15) is 5.26 Å². The molecule has 0 spiro atoms. The summed E-state index contributed by atoms with van der Waals surface area (Å²) in [6.07, 6.45) is 4.84. The predicted molar refractivity (Wildman–Crippen MR) is 127 cm³/mol. The number of ether oxygens (including phenoxy) is 4. The molecular formula is C27H20N2O6. The van der Waals surface area contributed by atoms with Crippen molar-refractivity contribution in [3.05, 3.63) is 78.1 Å². The molecular weight excluding hydrogens is 448 g/mol. The SMILES string of the molecule is COc1ccc(-c2c(C#N)c(Oc3ccc4c(c3)OCO4)nc(-c3ccco3)c2C=CCO)cc1. The number of aromatic nitrogens is 1. The topological polar surface area (TPSA) is 107 Å². The lowest BCUT2D eigenvalue weighted by Crippen LogP contribution is -2.01. The average molecular weight is 468 g/mol. The normalized spacial score (nSPS) is 12.0. The van der Waals surface area contributed by atoms with Gasteiger partial charge in [0.2, 0.25) is 12.7 Å². The Balaban J connectivity index is 1.74. The third-order valence-electron chi connectivity index (χ3n) is 5.40. The van der Waals surface area contributed by atoms with Crippen LogP contribution in [0.1, 0.15) is 11.1 Å². The number of methoxy groups -OCH3 is 1. The lowest BCUT2D eigenvalue weighted by Gasteiger charge is -2.17. The molecule has 8 heteroatoms. The van der Waals surface area contributed by atoms with Crippen LogP contribution in [0.2, 0.25) is 0 Å². The summed E-state index contributed by atoms with van der Waals surface area (Å²) in [5.41, 5.74) is 2.61. The van der Waals surface area contributed by atoms with E-state index in [1.807, 2.05) is 12.1 Å². The first-order valence-corrected chi connectivity index (χ1v) is 10.7. The molecule has 5 rings (SSSR count). The van der Waals surface area contributed by atoms with Crippen LogP contribution in [0.5, 0.6) is 28.9 Å². The maximum absolute atomic E-state index is 10.2. The molecule has 174 valence electrons. The zero-order valence-corrected chi connectivity index (χ0v) is 18.7. The summed E-state index contributed by atoms with van der Waals surface area (Å²) in [7, 11) is 1.59. The van der Waals surface area contributed by atoms with Crippen LogP contribution in [0.3, 0.4) is 0 Å². The van der Waals surface area contributed by atoms with E-state index in [1.54, 1.807) is 68.0 Å². The number of furan rings is 1. The molecule has 4 aromatic rings. The van der Waals surface area contributed by atoms with Gasteiger partial charge in [-0.15, -0.1) is 0 Å².